The maximum absolute atomic E-state index is 14.1. The van der Waals surface area contributed by atoms with E-state index in [1.807, 2.05) is 44.3 Å². The second-order valence-corrected chi connectivity index (χ2v) is 12.4. The summed E-state index contributed by atoms with van der Waals surface area (Å²) in [7, 11) is 1.81. The molecule has 1 fully saturated rings. The first kappa shape index (κ1) is 32.5. The fourth-order valence-corrected chi connectivity index (χ4v) is 5.88. The molecule has 4 rings (SSSR count). The number of halogens is 1. The van der Waals surface area contributed by atoms with E-state index in [0.717, 1.165) is 43.2 Å². The Morgan fingerprint density at radius 3 is 2.35 bits per heavy atom. The van der Waals surface area contributed by atoms with Crippen LogP contribution >= 0.6 is 11.6 Å². The highest BCUT2D eigenvalue weighted by Gasteiger charge is 2.52. The molecule has 0 saturated heterocycles. The standard InChI is InChI=1S/C33H43ClN4O5/c1-5-38(29(39)27(36-31(41)32(2,3)35)22-42-21-23-12-8-6-9-13-23)20-26-28(43-25-16-14-24(34)15-17-25)30(40)37(4)33(26)18-10-7-11-19-33/h6,8-9,12-17,27H,5,7,10-11,18-22,35H2,1-4H3,(H,36,41)/t27-/m1/s1. The predicted molar refractivity (Wildman–Crippen MR) is 166 cm³/mol. The van der Waals surface area contributed by atoms with Gasteiger partial charge in [0.15, 0.2) is 5.76 Å². The summed E-state index contributed by atoms with van der Waals surface area (Å²) in [5, 5.41) is 3.37. The summed E-state index contributed by atoms with van der Waals surface area (Å²) in [4.78, 5) is 44.2. The molecule has 2 aromatic rings. The van der Waals surface area contributed by atoms with Crippen LogP contribution in [0.25, 0.3) is 0 Å². The van der Waals surface area contributed by atoms with Gasteiger partial charge in [0.1, 0.15) is 11.8 Å². The average Bonchev–Trinajstić information content (AvgIpc) is 3.17. The van der Waals surface area contributed by atoms with Crippen LogP contribution in [0.5, 0.6) is 5.75 Å². The molecule has 1 saturated carbocycles. The molecule has 9 nitrogen and oxygen atoms in total. The minimum absolute atomic E-state index is 0.0385. The molecule has 0 radical (unpaired) electrons. The fraction of sp³-hybridized carbons (Fsp3) is 0.485. The van der Waals surface area contributed by atoms with E-state index >= 15 is 0 Å². The van der Waals surface area contributed by atoms with E-state index in [1.54, 1.807) is 47.9 Å². The molecular weight excluding hydrogens is 568 g/mol. The van der Waals surface area contributed by atoms with Gasteiger partial charge in [0.2, 0.25) is 11.8 Å². The van der Waals surface area contributed by atoms with Gasteiger partial charge in [0.05, 0.1) is 24.3 Å². The van der Waals surface area contributed by atoms with Gasteiger partial charge in [0, 0.05) is 30.7 Å². The summed E-state index contributed by atoms with van der Waals surface area (Å²) in [6, 6.07) is 15.5. The fourth-order valence-electron chi connectivity index (χ4n) is 5.75. The SMILES string of the molecule is CCN(CC1=C(Oc2ccc(Cl)cc2)C(=O)N(C)C12CCCCC2)C(=O)[C@@H](COCc1ccccc1)NC(=O)C(C)(C)N. The summed E-state index contributed by atoms with van der Waals surface area (Å²) in [5.41, 5.74) is 6.05. The number of ether oxygens (including phenoxy) is 2. The van der Waals surface area contributed by atoms with Gasteiger partial charge in [-0.15, -0.1) is 0 Å². The predicted octanol–water partition coefficient (Wildman–Crippen LogP) is 4.44. The molecule has 232 valence electrons. The first-order chi connectivity index (χ1) is 20.5. The molecule has 0 unspecified atom stereocenters. The number of benzene rings is 2. The van der Waals surface area contributed by atoms with E-state index in [0.29, 0.717) is 17.3 Å². The Balaban J connectivity index is 1.64. The van der Waals surface area contributed by atoms with Crippen LogP contribution in [0.3, 0.4) is 0 Å². The number of nitrogens with two attached hydrogens (primary N) is 1. The number of rotatable bonds is 12. The maximum Gasteiger partial charge on any atom is 0.290 e. The number of hydrogen-bond acceptors (Lipinski definition) is 6. The quantitative estimate of drug-likeness (QED) is 0.367. The maximum atomic E-state index is 14.1. The van der Waals surface area contributed by atoms with E-state index in [-0.39, 0.29) is 37.3 Å². The molecule has 2 aromatic carbocycles. The van der Waals surface area contributed by atoms with Gasteiger partial charge < -0.3 is 30.3 Å². The Morgan fingerprint density at radius 2 is 1.74 bits per heavy atom. The molecule has 10 heteroatoms. The van der Waals surface area contributed by atoms with Crippen molar-refractivity contribution in [3.63, 3.8) is 0 Å². The van der Waals surface area contributed by atoms with Crippen LogP contribution in [0.1, 0.15) is 58.4 Å². The van der Waals surface area contributed by atoms with Crippen molar-refractivity contribution in [1.29, 1.82) is 0 Å². The lowest BCUT2D eigenvalue weighted by molar-refractivity contribution is -0.139. The zero-order valence-electron chi connectivity index (χ0n) is 25.5. The van der Waals surface area contributed by atoms with Gasteiger partial charge in [-0.3, -0.25) is 14.4 Å². The number of likely N-dealkylation sites (N-methyl/N-ethyl adjacent to an activating group) is 2. The molecule has 1 heterocycles. The Hall–Kier alpha value is -3.40. The summed E-state index contributed by atoms with van der Waals surface area (Å²) in [6.45, 7) is 5.82. The van der Waals surface area contributed by atoms with E-state index in [1.165, 1.54) is 0 Å². The average molecular weight is 611 g/mol. The number of nitrogens with one attached hydrogen (secondary N) is 1. The molecule has 2 aliphatic rings. The summed E-state index contributed by atoms with van der Waals surface area (Å²) in [5.74, 6) is -0.265. The van der Waals surface area contributed by atoms with Crippen LogP contribution in [0.2, 0.25) is 5.02 Å². The van der Waals surface area contributed by atoms with Crippen molar-refractivity contribution in [1.82, 2.24) is 15.1 Å². The molecule has 43 heavy (non-hydrogen) atoms. The van der Waals surface area contributed by atoms with Gasteiger partial charge in [-0.25, -0.2) is 0 Å². The Morgan fingerprint density at radius 1 is 1.09 bits per heavy atom. The van der Waals surface area contributed by atoms with E-state index in [2.05, 4.69) is 5.32 Å². The van der Waals surface area contributed by atoms with Crippen molar-refractivity contribution < 1.29 is 23.9 Å². The minimum Gasteiger partial charge on any atom is -0.451 e. The van der Waals surface area contributed by atoms with Crippen molar-refractivity contribution in [2.75, 3.05) is 26.7 Å². The summed E-state index contributed by atoms with van der Waals surface area (Å²) < 4.78 is 12.2. The van der Waals surface area contributed by atoms with Crippen LogP contribution in [-0.4, -0.2) is 71.4 Å². The lowest BCUT2D eigenvalue weighted by atomic mass is 9.76. The highest BCUT2D eigenvalue weighted by Crippen LogP contribution is 2.45. The zero-order valence-corrected chi connectivity index (χ0v) is 26.3. The molecule has 3 amide bonds. The van der Waals surface area contributed by atoms with E-state index in [9.17, 15) is 14.4 Å². The number of carbonyl (C=O) groups is 3. The Kier molecular flexibility index (Phi) is 10.5. The molecule has 0 bridgehead atoms. The van der Waals surface area contributed by atoms with Crippen LogP contribution in [0.15, 0.2) is 65.9 Å². The molecular formula is C33H43ClN4O5. The van der Waals surface area contributed by atoms with Gasteiger partial charge in [-0.2, -0.15) is 0 Å². The molecule has 0 aromatic heterocycles. The van der Waals surface area contributed by atoms with Gasteiger partial charge in [0.25, 0.3) is 5.91 Å². The zero-order chi connectivity index (χ0) is 31.2. The van der Waals surface area contributed by atoms with Crippen molar-refractivity contribution in [2.45, 2.75) is 76.6 Å². The topological polar surface area (TPSA) is 114 Å². The second-order valence-electron chi connectivity index (χ2n) is 11.9. The van der Waals surface area contributed by atoms with Gasteiger partial charge in [-0.05, 0) is 63.4 Å². The normalized spacial score (nSPS) is 17.3. The van der Waals surface area contributed by atoms with Crippen molar-refractivity contribution in [3.05, 3.63) is 76.5 Å². The van der Waals surface area contributed by atoms with Crippen LogP contribution in [0, 0.1) is 0 Å². The molecule has 1 atom stereocenters. The first-order valence-corrected chi connectivity index (χ1v) is 15.3. The lowest BCUT2D eigenvalue weighted by Gasteiger charge is -2.42. The van der Waals surface area contributed by atoms with Crippen molar-refractivity contribution in [2.24, 2.45) is 5.73 Å². The number of amides is 3. The summed E-state index contributed by atoms with van der Waals surface area (Å²) in [6.07, 6.45) is 4.58. The Bertz CT molecular complexity index is 1320. The van der Waals surface area contributed by atoms with Gasteiger partial charge in [-0.1, -0.05) is 61.2 Å². The first-order valence-electron chi connectivity index (χ1n) is 14.9. The van der Waals surface area contributed by atoms with Crippen LogP contribution in [-0.2, 0) is 25.7 Å². The Labute approximate surface area is 259 Å². The van der Waals surface area contributed by atoms with Crippen molar-refractivity contribution >= 4 is 29.3 Å². The van der Waals surface area contributed by atoms with Crippen LogP contribution < -0.4 is 15.8 Å². The third kappa shape index (κ3) is 7.58. The highest BCUT2D eigenvalue weighted by molar-refractivity contribution is 6.30. The molecule has 1 spiro atoms. The number of hydrogen-bond donors (Lipinski definition) is 2. The lowest BCUT2D eigenvalue weighted by Crippen LogP contribution is -2.58. The second kappa shape index (κ2) is 13.9. The van der Waals surface area contributed by atoms with Gasteiger partial charge >= 0.3 is 0 Å². The third-order valence-corrected chi connectivity index (χ3v) is 8.57. The third-order valence-electron chi connectivity index (χ3n) is 8.32. The molecule has 1 aliphatic carbocycles. The smallest absolute Gasteiger partial charge is 0.290 e. The van der Waals surface area contributed by atoms with Crippen molar-refractivity contribution in [3.8, 4) is 5.75 Å². The molecule has 1 aliphatic heterocycles. The monoisotopic (exact) mass is 610 g/mol. The van der Waals surface area contributed by atoms with Crippen LogP contribution in [0.4, 0.5) is 0 Å². The summed E-state index contributed by atoms with van der Waals surface area (Å²) >= 11 is 6.08. The van der Waals surface area contributed by atoms with E-state index in [4.69, 9.17) is 26.8 Å². The molecule has 3 N–H and O–H groups in total. The largest absolute Gasteiger partial charge is 0.451 e. The number of carbonyl (C=O) groups excluding carboxylic acids is 3. The minimum atomic E-state index is -1.19. The highest BCUT2D eigenvalue weighted by atomic mass is 35.5. The van der Waals surface area contributed by atoms with E-state index < -0.39 is 23.0 Å². The number of nitrogens with zero attached hydrogens (tertiary/aromatic N) is 2.